The first-order valence-corrected chi connectivity index (χ1v) is 6.36. The van der Waals surface area contributed by atoms with E-state index in [4.69, 9.17) is 4.74 Å². The Morgan fingerprint density at radius 2 is 2.25 bits per heavy atom. The van der Waals surface area contributed by atoms with Crippen molar-refractivity contribution in [2.75, 3.05) is 6.54 Å². The summed E-state index contributed by atoms with van der Waals surface area (Å²) in [6.45, 7) is 5.88. The molecule has 2 aromatic rings. The number of nitrogens with zero attached hydrogens (tertiary/aromatic N) is 2. The van der Waals surface area contributed by atoms with Gasteiger partial charge in [-0.25, -0.2) is 4.79 Å². The van der Waals surface area contributed by atoms with Crippen LogP contribution >= 0.6 is 0 Å². The number of carbonyl (C=O) groups is 1. The number of hydrogen-bond acceptors (Lipinski definition) is 4. The first-order valence-electron chi connectivity index (χ1n) is 6.36. The molecular weight excluding hydrogens is 256 g/mol. The third-order valence-electron chi connectivity index (χ3n) is 2.38. The Hall–Kier alpha value is -2.37. The van der Waals surface area contributed by atoms with E-state index in [2.05, 4.69) is 20.5 Å². The van der Waals surface area contributed by atoms with Gasteiger partial charge in [0.05, 0.1) is 11.7 Å². The van der Waals surface area contributed by atoms with Gasteiger partial charge in [-0.15, -0.1) is 0 Å². The molecule has 2 rings (SSSR count). The van der Waals surface area contributed by atoms with Crippen molar-refractivity contribution in [3.63, 3.8) is 0 Å². The lowest BCUT2D eigenvalue weighted by Gasteiger charge is -2.19. The van der Waals surface area contributed by atoms with E-state index in [1.165, 1.54) is 0 Å². The summed E-state index contributed by atoms with van der Waals surface area (Å²) < 4.78 is 5.13. The van der Waals surface area contributed by atoms with Crippen LogP contribution in [0, 0.1) is 0 Å². The molecule has 1 amide bonds. The molecule has 20 heavy (non-hydrogen) atoms. The molecule has 0 saturated heterocycles. The predicted octanol–water partition coefficient (Wildman–Crippen LogP) is 2.50. The normalized spacial score (nSPS) is 11.9. The summed E-state index contributed by atoms with van der Waals surface area (Å²) >= 11 is 0. The minimum atomic E-state index is -0.483. The van der Waals surface area contributed by atoms with Crippen LogP contribution in [0.15, 0.2) is 24.5 Å². The number of rotatable bonds is 3. The maximum atomic E-state index is 11.4. The van der Waals surface area contributed by atoms with Crippen molar-refractivity contribution in [2.24, 2.45) is 0 Å². The molecule has 0 atom stereocenters. The number of carbonyl (C=O) groups excluding carboxylic acids is 1. The highest BCUT2D eigenvalue weighted by Gasteiger charge is 2.14. The van der Waals surface area contributed by atoms with Gasteiger partial charge >= 0.3 is 6.09 Å². The van der Waals surface area contributed by atoms with Crippen LogP contribution in [-0.2, 0) is 4.74 Å². The summed E-state index contributed by atoms with van der Waals surface area (Å²) in [4.78, 5) is 15.7. The highest BCUT2D eigenvalue weighted by atomic mass is 16.6. The van der Waals surface area contributed by atoms with Crippen LogP contribution in [0.2, 0.25) is 0 Å². The van der Waals surface area contributed by atoms with Crippen molar-refractivity contribution in [1.82, 2.24) is 20.5 Å². The Balaban J connectivity index is 1.85. The minimum absolute atomic E-state index is 0.399. The molecular formula is C14H18N4O2. The second-order valence-corrected chi connectivity index (χ2v) is 5.36. The lowest BCUT2D eigenvalue weighted by Crippen LogP contribution is -2.32. The van der Waals surface area contributed by atoms with Crippen LogP contribution in [0.5, 0.6) is 0 Å². The molecule has 2 aromatic heterocycles. The fraction of sp³-hybridized carbons (Fsp3) is 0.357. The third kappa shape index (κ3) is 4.08. The number of pyridine rings is 1. The van der Waals surface area contributed by atoms with Crippen LogP contribution in [-0.4, -0.2) is 33.4 Å². The number of aromatic amines is 1. The lowest BCUT2D eigenvalue weighted by molar-refractivity contribution is 0.0534. The van der Waals surface area contributed by atoms with E-state index in [0.29, 0.717) is 6.54 Å². The summed E-state index contributed by atoms with van der Waals surface area (Å²) in [7, 11) is 0. The van der Waals surface area contributed by atoms with Crippen molar-refractivity contribution in [3.05, 3.63) is 30.1 Å². The van der Waals surface area contributed by atoms with Crippen LogP contribution in [0.1, 0.15) is 26.3 Å². The van der Waals surface area contributed by atoms with E-state index in [1.54, 1.807) is 12.4 Å². The van der Waals surface area contributed by atoms with Gasteiger partial charge in [-0.2, -0.15) is 5.10 Å². The van der Waals surface area contributed by atoms with E-state index in [0.717, 1.165) is 16.6 Å². The minimum Gasteiger partial charge on any atom is -0.444 e. The first-order chi connectivity index (χ1) is 9.44. The highest BCUT2D eigenvalue weighted by molar-refractivity contribution is 5.75. The molecule has 0 bridgehead atoms. The molecule has 0 aliphatic carbocycles. The fourth-order valence-corrected chi connectivity index (χ4v) is 1.59. The van der Waals surface area contributed by atoms with Gasteiger partial charge in [0.1, 0.15) is 11.1 Å². The topological polar surface area (TPSA) is 79.9 Å². The van der Waals surface area contributed by atoms with E-state index >= 15 is 0 Å². The Labute approximate surface area is 117 Å². The quantitative estimate of drug-likeness (QED) is 0.901. The van der Waals surface area contributed by atoms with E-state index in [-0.39, 0.29) is 0 Å². The highest BCUT2D eigenvalue weighted by Crippen LogP contribution is 2.10. The molecule has 0 aromatic carbocycles. The smallest absolute Gasteiger partial charge is 0.407 e. The standard InChI is InChI=1S/C14H18N4O2/c1-14(2,3)20-13(19)15-6-4-5-10-7-11-12(16-8-10)9-17-18-11/h4-5,7-9H,6H2,1-3H3,(H,15,19)(H,17,18). The van der Waals surface area contributed by atoms with Crippen molar-refractivity contribution < 1.29 is 9.53 Å². The molecule has 0 aliphatic rings. The van der Waals surface area contributed by atoms with Gasteiger partial charge in [0.2, 0.25) is 0 Å². The SMILES string of the molecule is CC(C)(C)OC(=O)NCC=Cc1cnc2cn[nH]c2c1. The van der Waals surface area contributed by atoms with Gasteiger partial charge in [-0.3, -0.25) is 10.1 Å². The molecule has 0 spiro atoms. The van der Waals surface area contributed by atoms with Crippen LogP contribution in [0.25, 0.3) is 17.1 Å². The molecule has 0 radical (unpaired) electrons. The van der Waals surface area contributed by atoms with Crippen LogP contribution in [0.3, 0.4) is 0 Å². The zero-order valence-electron chi connectivity index (χ0n) is 11.8. The maximum Gasteiger partial charge on any atom is 0.407 e. The first kappa shape index (κ1) is 14.0. The van der Waals surface area contributed by atoms with E-state index in [9.17, 15) is 4.79 Å². The monoisotopic (exact) mass is 274 g/mol. The maximum absolute atomic E-state index is 11.4. The number of H-pyrrole nitrogens is 1. The zero-order valence-corrected chi connectivity index (χ0v) is 11.8. The molecule has 2 N–H and O–H groups in total. The Morgan fingerprint density at radius 3 is 3.00 bits per heavy atom. The molecule has 6 nitrogen and oxygen atoms in total. The van der Waals surface area contributed by atoms with Crippen molar-refractivity contribution in [1.29, 1.82) is 0 Å². The summed E-state index contributed by atoms with van der Waals surface area (Å²) in [6, 6.07) is 1.94. The van der Waals surface area contributed by atoms with Gasteiger partial charge in [0.15, 0.2) is 0 Å². The molecule has 2 heterocycles. The average molecular weight is 274 g/mol. The average Bonchev–Trinajstić information content (AvgIpc) is 2.79. The number of nitrogens with one attached hydrogen (secondary N) is 2. The van der Waals surface area contributed by atoms with Crippen LogP contribution in [0.4, 0.5) is 4.79 Å². The van der Waals surface area contributed by atoms with Gasteiger partial charge < -0.3 is 10.1 Å². The number of ether oxygens (including phenoxy) is 1. The Bertz CT molecular complexity index is 625. The van der Waals surface area contributed by atoms with Gasteiger partial charge in [-0.05, 0) is 32.4 Å². The lowest BCUT2D eigenvalue weighted by atomic mass is 10.2. The third-order valence-corrected chi connectivity index (χ3v) is 2.38. The predicted molar refractivity (Wildman–Crippen MR) is 77.2 cm³/mol. The Morgan fingerprint density at radius 1 is 1.45 bits per heavy atom. The molecule has 106 valence electrons. The molecule has 6 heteroatoms. The number of alkyl carbamates (subject to hydrolysis) is 1. The second kappa shape index (κ2) is 5.73. The largest absolute Gasteiger partial charge is 0.444 e. The molecule has 0 fully saturated rings. The molecule has 0 saturated carbocycles. The summed E-state index contributed by atoms with van der Waals surface area (Å²) in [5, 5.41) is 9.42. The van der Waals surface area contributed by atoms with Gasteiger partial charge in [0, 0.05) is 12.7 Å². The van der Waals surface area contributed by atoms with Gasteiger partial charge in [0.25, 0.3) is 0 Å². The van der Waals surface area contributed by atoms with Crippen molar-refractivity contribution in [3.8, 4) is 0 Å². The summed E-state index contributed by atoms with van der Waals surface area (Å²) in [5.74, 6) is 0. The molecule has 0 aliphatic heterocycles. The number of amides is 1. The summed E-state index contributed by atoms with van der Waals surface area (Å²) in [6.07, 6.45) is 6.71. The molecule has 0 unspecified atom stereocenters. The van der Waals surface area contributed by atoms with E-state index < -0.39 is 11.7 Å². The number of aromatic nitrogens is 3. The second-order valence-electron chi connectivity index (χ2n) is 5.36. The zero-order chi connectivity index (χ0) is 14.6. The number of fused-ring (bicyclic) bond motifs is 1. The van der Waals surface area contributed by atoms with Crippen LogP contribution < -0.4 is 5.32 Å². The fourth-order valence-electron chi connectivity index (χ4n) is 1.59. The Kier molecular flexibility index (Phi) is 4.02. The number of hydrogen-bond donors (Lipinski definition) is 2. The van der Waals surface area contributed by atoms with Crippen molar-refractivity contribution in [2.45, 2.75) is 26.4 Å². The van der Waals surface area contributed by atoms with Crippen molar-refractivity contribution >= 4 is 23.2 Å². The van der Waals surface area contributed by atoms with Gasteiger partial charge in [-0.1, -0.05) is 12.2 Å². The summed E-state index contributed by atoms with van der Waals surface area (Å²) in [5.41, 5.74) is 2.16. The van der Waals surface area contributed by atoms with E-state index in [1.807, 2.05) is 39.0 Å².